The normalized spacial score (nSPS) is 12.1. The molecule has 5 rings (SSSR count). The molecule has 1 atom stereocenters. The molecular weight excluding hydrogens is 748 g/mol. The van der Waals surface area contributed by atoms with E-state index in [1.54, 1.807) is 84.9 Å². The molecule has 0 aliphatic rings. The minimum absolute atomic E-state index is 0.279. The number of carboxylic acids is 1. The summed E-state index contributed by atoms with van der Waals surface area (Å²) in [7, 11) is -4.58. The molecule has 0 amide bonds. The lowest BCUT2D eigenvalue weighted by atomic mass is 10.1. The molecule has 0 spiro atoms. The number of thiazole rings is 1. The predicted molar refractivity (Wildman–Crippen MR) is 177 cm³/mol. The van der Waals surface area contributed by atoms with E-state index in [4.69, 9.17) is 32.9 Å². The quantitative estimate of drug-likeness (QED) is 0.118. The second-order valence-electron chi connectivity index (χ2n) is 9.81. The number of hydrogen-bond donors (Lipinski definition) is 1. The maximum absolute atomic E-state index is 12.6. The highest BCUT2D eigenvalue weighted by molar-refractivity contribution is 9.10. The minimum atomic E-state index is -4.58. The monoisotopic (exact) mass is 768 g/mol. The molecule has 1 aromatic heterocycles. The highest BCUT2D eigenvalue weighted by Crippen LogP contribution is 2.53. The summed E-state index contributed by atoms with van der Waals surface area (Å²) in [5, 5.41) is 13.0. The summed E-state index contributed by atoms with van der Waals surface area (Å²) in [5.74, 6) is -0.763. The molecule has 5 aromatic rings. The molecule has 0 saturated carbocycles. The van der Waals surface area contributed by atoms with Gasteiger partial charge in [-0.25, -0.2) is 9.78 Å². The fourth-order valence-electron chi connectivity index (χ4n) is 4.46. The zero-order valence-corrected chi connectivity index (χ0v) is 28.2. The highest BCUT2D eigenvalue weighted by Gasteiger charge is 2.29. The number of halogens is 5. The molecule has 1 N–H and O–H groups in total. The number of nitrogens with zero attached hydrogens (tertiary/aromatic N) is 2. The van der Waals surface area contributed by atoms with Gasteiger partial charge in [0.2, 0.25) is 6.10 Å². The Labute approximate surface area is 284 Å². The molecule has 238 valence electrons. The van der Waals surface area contributed by atoms with E-state index in [2.05, 4.69) is 25.4 Å². The molecule has 0 bridgehead atoms. The van der Waals surface area contributed by atoms with E-state index in [0.29, 0.717) is 53.5 Å². The van der Waals surface area contributed by atoms with Crippen LogP contribution in [0.15, 0.2) is 101 Å². The molecule has 1 unspecified atom stereocenters. The van der Waals surface area contributed by atoms with Gasteiger partial charge in [0.05, 0.1) is 28.4 Å². The van der Waals surface area contributed by atoms with Crippen molar-refractivity contribution in [2.45, 2.75) is 18.8 Å². The van der Waals surface area contributed by atoms with Crippen LogP contribution in [0.2, 0.25) is 10.0 Å². The maximum Gasteiger partial charge on any atom is 0.399 e. The Morgan fingerprint density at radius 2 is 1.74 bits per heavy atom. The predicted octanol–water partition coefficient (Wildman–Crippen LogP) is 10.9. The van der Waals surface area contributed by atoms with Crippen molar-refractivity contribution in [1.82, 2.24) is 4.98 Å². The van der Waals surface area contributed by atoms with Crippen LogP contribution < -0.4 is 9.64 Å². The van der Waals surface area contributed by atoms with Crippen molar-refractivity contribution in [2.24, 2.45) is 0 Å². The zero-order valence-electron chi connectivity index (χ0n) is 23.4. The van der Waals surface area contributed by atoms with Crippen molar-refractivity contribution in [3.8, 4) is 17.0 Å². The third-order valence-corrected chi connectivity index (χ3v) is 10.2. The Morgan fingerprint density at radius 3 is 2.41 bits per heavy atom. The van der Waals surface area contributed by atoms with Crippen LogP contribution in [0.5, 0.6) is 5.75 Å². The van der Waals surface area contributed by atoms with Gasteiger partial charge >= 0.3 is 13.6 Å². The second-order valence-corrected chi connectivity index (χ2v) is 14.1. The van der Waals surface area contributed by atoms with Gasteiger partial charge in [0.1, 0.15) is 5.75 Å². The van der Waals surface area contributed by atoms with Gasteiger partial charge in [-0.2, -0.15) is 0 Å². The molecule has 8 nitrogen and oxygen atoms in total. The van der Waals surface area contributed by atoms with Gasteiger partial charge in [-0.15, -0.1) is 20.8 Å². The molecule has 1 heterocycles. The van der Waals surface area contributed by atoms with Gasteiger partial charge in [0.15, 0.2) is 5.13 Å². The van der Waals surface area contributed by atoms with Crippen molar-refractivity contribution in [1.29, 1.82) is 0 Å². The molecule has 15 heteroatoms. The third kappa shape index (κ3) is 8.13. The van der Waals surface area contributed by atoms with Crippen molar-refractivity contribution >= 4 is 74.9 Å². The van der Waals surface area contributed by atoms with Gasteiger partial charge in [0, 0.05) is 26.7 Å². The van der Waals surface area contributed by atoms with Crippen LogP contribution in [0.3, 0.4) is 0 Å². The van der Waals surface area contributed by atoms with E-state index < -0.39 is 25.8 Å². The maximum atomic E-state index is 12.6. The molecule has 4 aromatic carbocycles. The number of aliphatic carboxylic acids is 1. The Kier molecular flexibility index (Phi) is 11.1. The first-order valence-electron chi connectivity index (χ1n) is 13.3. The third-order valence-electron chi connectivity index (χ3n) is 6.68. The number of benzene rings is 4. The SMILES string of the molecule is O=C(O)C(Oc1cccc(-c2csc(N(Cc3ccc(CP(=O)(OF)OF)c(Br)c3)c3ccc(Cl)c(Cl)c3)n2)c1)c1ccccc1. The van der Waals surface area contributed by atoms with E-state index in [-0.39, 0.29) is 6.54 Å². The Bertz CT molecular complexity index is 1900. The van der Waals surface area contributed by atoms with Crippen molar-refractivity contribution in [2.75, 3.05) is 4.90 Å². The van der Waals surface area contributed by atoms with Gasteiger partial charge in [0.25, 0.3) is 0 Å². The lowest BCUT2D eigenvalue weighted by molar-refractivity contribution is -0.145. The van der Waals surface area contributed by atoms with Crippen LogP contribution >= 0.6 is 58.1 Å². The van der Waals surface area contributed by atoms with Crippen LogP contribution in [0.1, 0.15) is 22.8 Å². The van der Waals surface area contributed by atoms with Crippen molar-refractivity contribution in [3.05, 3.63) is 128 Å². The largest absolute Gasteiger partial charge is 0.478 e. The Hall–Kier alpha value is -3.35. The molecule has 0 aliphatic heterocycles. The zero-order chi connectivity index (χ0) is 32.8. The summed E-state index contributed by atoms with van der Waals surface area (Å²) < 4.78 is 50.0. The average molecular weight is 770 g/mol. The van der Waals surface area contributed by atoms with Crippen LogP contribution in [-0.4, -0.2) is 16.1 Å². The second kappa shape index (κ2) is 15.0. The topological polar surface area (TPSA) is 98.2 Å². The molecule has 0 aliphatic carbocycles. The minimum Gasteiger partial charge on any atom is -0.478 e. The van der Waals surface area contributed by atoms with Crippen LogP contribution in [0.4, 0.5) is 19.9 Å². The molecule has 0 fully saturated rings. The fourth-order valence-corrected chi connectivity index (χ4v) is 7.21. The van der Waals surface area contributed by atoms with Crippen LogP contribution in [0.25, 0.3) is 11.3 Å². The summed E-state index contributed by atoms with van der Waals surface area (Å²) in [6.45, 7) is 0.279. The average Bonchev–Trinajstić information content (AvgIpc) is 3.55. The molecule has 46 heavy (non-hydrogen) atoms. The first kappa shape index (κ1) is 34.0. The smallest absolute Gasteiger partial charge is 0.399 e. The first-order chi connectivity index (χ1) is 22.1. The highest BCUT2D eigenvalue weighted by atomic mass is 79.9. The van der Waals surface area contributed by atoms with Crippen LogP contribution in [0, 0.1) is 0 Å². The van der Waals surface area contributed by atoms with E-state index >= 15 is 0 Å². The number of carboxylic acid groups (broad SMARTS) is 1. The van der Waals surface area contributed by atoms with E-state index in [9.17, 15) is 23.5 Å². The van der Waals surface area contributed by atoms with Gasteiger partial charge in [-0.05, 0) is 56.6 Å². The lowest BCUT2D eigenvalue weighted by Crippen LogP contribution is -2.18. The van der Waals surface area contributed by atoms with Gasteiger partial charge in [-0.3, -0.25) is 4.57 Å². The summed E-state index contributed by atoms with van der Waals surface area (Å²) in [6, 6.07) is 25.8. The number of rotatable bonds is 13. The van der Waals surface area contributed by atoms with E-state index in [1.165, 1.54) is 11.3 Å². The summed E-state index contributed by atoms with van der Waals surface area (Å²) >= 11 is 17.3. The van der Waals surface area contributed by atoms with E-state index in [1.807, 2.05) is 16.3 Å². The van der Waals surface area contributed by atoms with Crippen LogP contribution in [-0.2, 0) is 31.5 Å². The van der Waals surface area contributed by atoms with E-state index in [0.717, 1.165) is 5.56 Å². The Morgan fingerprint density at radius 1 is 0.978 bits per heavy atom. The Balaban J connectivity index is 1.44. The van der Waals surface area contributed by atoms with Gasteiger partial charge < -0.3 is 14.7 Å². The summed E-state index contributed by atoms with van der Waals surface area (Å²) in [5.41, 5.74) is 3.57. The number of carbonyl (C=O) groups is 1. The van der Waals surface area contributed by atoms with Crippen molar-refractivity contribution in [3.63, 3.8) is 0 Å². The first-order valence-corrected chi connectivity index (χ1v) is 17.4. The fraction of sp³-hybridized carbons (Fsp3) is 0.0968. The summed E-state index contributed by atoms with van der Waals surface area (Å²) in [6.07, 6.45) is -1.83. The number of aromatic nitrogens is 1. The molecular formula is C31H22BrCl2F2N2O6PS. The number of hydrogen-bond acceptors (Lipinski definition) is 8. The summed E-state index contributed by atoms with van der Waals surface area (Å²) in [4.78, 5) is 18.7. The standard InChI is InChI=1S/C31H22BrCl2F2N2O6PS/c32-25-13-19(9-10-22(25)17-45(41,43-35)44-36)16-38(23-11-12-26(33)27(34)15-23)31-37-28(18-46-31)21-7-4-8-24(14-21)42-29(30(39)40)20-5-2-1-3-6-20/h1-15,18,29H,16-17H2,(H,39,40). The molecule has 0 radical (unpaired) electrons. The number of anilines is 2. The number of ether oxygens (including phenoxy) is 1. The van der Waals surface area contributed by atoms with Crippen molar-refractivity contribution < 1.29 is 37.7 Å². The molecule has 0 saturated heterocycles. The lowest BCUT2D eigenvalue weighted by Gasteiger charge is -2.23. The van der Waals surface area contributed by atoms with Gasteiger partial charge in [-0.1, -0.05) is 93.7 Å².